The molecule has 0 aliphatic carbocycles. The standard InChI is InChI=1S/C14H15N3O3S3/c1-3-20-12(19)15-11(18)8-22-13-16-17(14(21)23-13)10-7-5-4-6-9(10)2/h4-7H,3,8H2,1-2H3,(H,15,18,19). The lowest BCUT2D eigenvalue weighted by Gasteiger charge is -2.04. The Bertz CT molecular complexity index is 770. The number of ether oxygens (including phenoxy) is 1. The first-order chi connectivity index (χ1) is 11.0. The zero-order valence-electron chi connectivity index (χ0n) is 12.6. The molecule has 1 N–H and O–H groups in total. The maximum Gasteiger partial charge on any atom is 0.413 e. The number of imide groups is 1. The number of alkyl carbamates (subject to hydrolysis) is 1. The molecule has 9 heteroatoms. The van der Waals surface area contributed by atoms with E-state index in [1.54, 1.807) is 11.6 Å². The minimum atomic E-state index is -0.740. The number of para-hydroxylation sites is 1. The third kappa shape index (κ3) is 4.88. The van der Waals surface area contributed by atoms with Gasteiger partial charge in [-0.25, -0.2) is 9.48 Å². The summed E-state index contributed by atoms with van der Waals surface area (Å²) >= 11 is 7.88. The summed E-state index contributed by atoms with van der Waals surface area (Å²) in [5, 5.41) is 6.56. The number of nitrogens with one attached hydrogen (secondary N) is 1. The molecule has 1 aromatic carbocycles. The van der Waals surface area contributed by atoms with Crippen molar-refractivity contribution in [3.8, 4) is 5.69 Å². The van der Waals surface area contributed by atoms with E-state index < -0.39 is 12.0 Å². The van der Waals surface area contributed by atoms with Gasteiger partial charge in [0.2, 0.25) is 5.91 Å². The van der Waals surface area contributed by atoms with Crippen LogP contribution in [0, 0.1) is 10.9 Å². The topological polar surface area (TPSA) is 73.2 Å². The molecule has 1 heterocycles. The summed E-state index contributed by atoms with van der Waals surface area (Å²) in [6, 6.07) is 7.79. The summed E-state index contributed by atoms with van der Waals surface area (Å²) in [4.78, 5) is 22.8. The van der Waals surface area contributed by atoms with Crippen molar-refractivity contribution >= 4 is 47.3 Å². The Morgan fingerprint density at radius 1 is 1.43 bits per heavy atom. The third-order valence-electron chi connectivity index (χ3n) is 2.72. The van der Waals surface area contributed by atoms with Crippen LogP contribution in [0.3, 0.4) is 0 Å². The lowest BCUT2D eigenvalue weighted by Crippen LogP contribution is -2.32. The van der Waals surface area contributed by atoms with Crippen LogP contribution in [0.1, 0.15) is 12.5 Å². The van der Waals surface area contributed by atoms with Crippen LogP contribution in [0.5, 0.6) is 0 Å². The molecule has 2 rings (SSSR count). The van der Waals surface area contributed by atoms with Gasteiger partial charge in [0.1, 0.15) is 0 Å². The van der Waals surface area contributed by atoms with E-state index in [1.807, 2.05) is 31.2 Å². The monoisotopic (exact) mass is 369 g/mol. The highest BCUT2D eigenvalue weighted by Crippen LogP contribution is 2.24. The molecule has 6 nitrogen and oxygen atoms in total. The van der Waals surface area contributed by atoms with Crippen molar-refractivity contribution in [1.82, 2.24) is 15.1 Å². The molecule has 0 unspecified atom stereocenters. The van der Waals surface area contributed by atoms with Crippen LogP contribution in [-0.4, -0.2) is 34.1 Å². The highest BCUT2D eigenvalue weighted by molar-refractivity contribution is 8.01. The lowest BCUT2D eigenvalue weighted by molar-refractivity contribution is -0.117. The number of aryl methyl sites for hydroxylation is 1. The van der Waals surface area contributed by atoms with E-state index in [4.69, 9.17) is 12.2 Å². The number of nitrogens with zero attached hydrogens (tertiary/aromatic N) is 2. The Morgan fingerprint density at radius 2 is 2.17 bits per heavy atom. The molecule has 0 saturated carbocycles. The van der Waals surface area contributed by atoms with Gasteiger partial charge in [-0.2, -0.15) is 0 Å². The highest BCUT2D eigenvalue weighted by atomic mass is 32.2. The summed E-state index contributed by atoms with van der Waals surface area (Å²) < 4.78 is 7.59. The largest absolute Gasteiger partial charge is 0.450 e. The van der Waals surface area contributed by atoms with Crippen LogP contribution in [0.25, 0.3) is 5.69 Å². The predicted octanol–water partition coefficient (Wildman–Crippen LogP) is 3.34. The van der Waals surface area contributed by atoms with E-state index in [2.05, 4.69) is 15.2 Å². The van der Waals surface area contributed by atoms with Gasteiger partial charge in [-0.15, -0.1) is 5.10 Å². The highest BCUT2D eigenvalue weighted by Gasteiger charge is 2.12. The van der Waals surface area contributed by atoms with Crippen LogP contribution < -0.4 is 5.32 Å². The maximum atomic E-state index is 11.6. The van der Waals surface area contributed by atoms with Crippen molar-refractivity contribution in [2.75, 3.05) is 12.4 Å². The van der Waals surface area contributed by atoms with Crippen molar-refractivity contribution in [1.29, 1.82) is 0 Å². The number of hydrogen-bond acceptors (Lipinski definition) is 7. The molecule has 0 radical (unpaired) electrons. The Balaban J connectivity index is 2.02. The minimum Gasteiger partial charge on any atom is -0.450 e. The average Bonchev–Trinajstić information content (AvgIpc) is 2.87. The van der Waals surface area contributed by atoms with Crippen LogP contribution >= 0.6 is 35.3 Å². The zero-order chi connectivity index (χ0) is 16.8. The molecule has 0 aliphatic heterocycles. The molecule has 0 bridgehead atoms. The maximum absolute atomic E-state index is 11.6. The normalized spacial score (nSPS) is 10.3. The number of thioether (sulfide) groups is 1. The molecular weight excluding hydrogens is 354 g/mol. The quantitative estimate of drug-likeness (QED) is 0.644. The summed E-state index contributed by atoms with van der Waals surface area (Å²) in [7, 11) is 0. The smallest absolute Gasteiger partial charge is 0.413 e. The van der Waals surface area contributed by atoms with Crippen LogP contribution in [0.4, 0.5) is 4.79 Å². The number of carbonyl (C=O) groups is 2. The van der Waals surface area contributed by atoms with Gasteiger partial charge in [0, 0.05) is 0 Å². The Hall–Kier alpha value is -1.71. The fourth-order valence-electron chi connectivity index (χ4n) is 1.72. The van der Waals surface area contributed by atoms with E-state index >= 15 is 0 Å². The third-order valence-corrected chi connectivity index (χ3v) is 5.08. The summed E-state index contributed by atoms with van der Waals surface area (Å²) in [5.41, 5.74) is 1.97. The molecular formula is C14H15N3O3S3. The molecule has 2 aromatic rings. The van der Waals surface area contributed by atoms with Gasteiger partial charge < -0.3 is 4.74 Å². The molecule has 0 spiro atoms. The zero-order valence-corrected chi connectivity index (χ0v) is 15.0. The van der Waals surface area contributed by atoms with Crippen molar-refractivity contribution in [2.24, 2.45) is 0 Å². The second-order valence-corrected chi connectivity index (χ2v) is 7.23. The first-order valence-electron chi connectivity index (χ1n) is 6.77. The molecule has 23 heavy (non-hydrogen) atoms. The number of benzene rings is 1. The van der Waals surface area contributed by atoms with Crippen molar-refractivity contribution < 1.29 is 14.3 Å². The lowest BCUT2D eigenvalue weighted by atomic mass is 10.2. The first kappa shape index (κ1) is 17.6. The van der Waals surface area contributed by atoms with Crippen LogP contribution in [0.15, 0.2) is 28.6 Å². The minimum absolute atomic E-state index is 0.0644. The summed E-state index contributed by atoms with van der Waals surface area (Å²) in [6.07, 6.45) is -0.740. The Labute approximate surface area is 146 Å². The fraction of sp³-hybridized carbons (Fsp3) is 0.286. The Morgan fingerprint density at radius 3 is 2.87 bits per heavy atom. The van der Waals surface area contributed by atoms with E-state index in [1.165, 1.54) is 23.1 Å². The van der Waals surface area contributed by atoms with Crippen molar-refractivity contribution in [2.45, 2.75) is 18.2 Å². The number of carbonyl (C=O) groups excluding carboxylic acids is 2. The van der Waals surface area contributed by atoms with Gasteiger partial charge in [-0.05, 0) is 37.7 Å². The summed E-state index contributed by atoms with van der Waals surface area (Å²) in [5.74, 6) is -0.369. The number of amides is 2. The van der Waals surface area contributed by atoms with Crippen LogP contribution in [-0.2, 0) is 9.53 Å². The SMILES string of the molecule is CCOC(=O)NC(=O)CSc1nn(-c2ccccc2C)c(=S)s1. The van der Waals surface area contributed by atoms with E-state index in [0.717, 1.165) is 11.3 Å². The molecule has 122 valence electrons. The number of aromatic nitrogens is 2. The molecule has 0 saturated heterocycles. The van der Waals surface area contributed by atoms with Gasteiger partial charge in [0.15, 0.2) is 8.29 Å². The van der Waals surface area contributed by atoms with Gasteiger partial charge in [-0.3, -0.25) is 10.1 Å². The molecule has 0 atom stereocenters. The number of rotatable bonds is 5. The molecule has 0 aliphatic rings. The van der Waals surface area contributed by atoms with E-state index in [9.17, 15) is 9.59 Å². The second-order valence-electron chi connectivity index (χ2n) is 4.39. The molecule has 0 fully saturated rings. The summed E-state index contributed by atoms with van der Waals surface area (Å²) in [6.45, 7) is 3.87. The fourth-order valence-corrected chi connectivity index (χ4v) is 3.86. The van der Waals surface area contributed by atoms with Gasteiger partial charge in [-0.1, -0.05) is 41.3 Å². The van der Waals surface area contributed by atoms with Crippen molar-refractivity contribution in [3.05, 3.63) is 33.8 Å². The van der Waals surface area contributed by atoms with Gasteiger partial charge >= 0.3 is 6.09 Å². The van der Waals surface area contributed by atoms with Gasteiger partial charge in [0.05, 0.1) is 18.0 Å². The van der Waals surface area contributed by atoms with E-state index in [-0.39, 0.29) is 12.4 Å². The second kappa shape index (κ2) is 8.23. The predicted molar refractivity (Wildman–Crippen MR) is 92.9 cm³/mol. The Kier molecular flexibility index (Phi) is 6.31. The average molecular weight is 369 g/mol. The van der Waals surface area contributed by atoms with E-state index in [0.29, 0.717) is 8.29 Å². The van der Waals surface area contributed by atoms with Crippen LogP contribution in [0.2, 0.25) is 0 Å². The molecule has 2 amide bonds. The van der Waals surface area contributed by atoms with Gasteiger partial charge in [0.25, 0.3) is 0 Å². The van der Waals surface area contributed by atoms with Crippen molar-refractivity contribution in [3.63, 3.8) is 0 Å². The molecule has 1 aromatic heterocycles. The number of hydrogen-bond donors (Lipinski definition) is 1. The first-order valence-corrected chi connectivity index (χ1v) is 8.98.